The smallest absolute Gasteiger partial charge is 0.226 e. The number of amides is 3. The molecule has 1 aromatic heterocycles. The zero-order chi connectivity index (χ0) is 37.4. The highest BCUT2D eigenvalue weighted by molar-refractivity contribution is 5.85. The van der Waals surface area contributed by atoms with Crippen molar-refractivity contribution in [3.05, 3.63) is 192 Å². The standard InChI is InChI=1S/C46H44N4O4/c51-43(28-29-44(52)50-46(38-16-7-2-8-17-38,39-18-9-3-10-19-39)40-20-11-4-12-21-40)47-30-13-31-54-42-26-23-36(24-27-42)37-22-25-41(48-34-37)32-45(53)49-33-35-14-5-1-6-15-35/h1-12,14-27,34H,13,28-33H2,(H,47,51)(H,49,53)(H,50,52). The molecule has 0 bridgehead atoms. The van der Waals surface area contributed by atoms with Gasteiger partial charge in [0.2, 0.25) is 17.7 Å². The summed E-state index contributed by atoms with van der Waals surface area (Å²) in [6.45, 7) is 1.35. The molecule has 0 aliphatic heterocycles. The topological polar surface area (TPSA) is 109 Å². The van der Waals surface area contributed by atoms with Gasteiger partial charge in [-0.25, -0.2) is 0 Å². The summed E-state index contributed by atoms with van der Waals surface area (Å²) in [5, 5.41) is 9.15. The van der Waals surface area contributed by atoms with Crippen molar-refractivity contribution in [1.82, 2.24) is 20.9 Å². The van der Waals surface area contributed by atoms with E-state index in [0.717, 1.165) is 39.1 Å². The van der Waals surface area contributed by atoms with Gasteiger partial charge in [-0.05, 0) is 52.4 Å². The Labute approximate surface area is 316 Å². The van der Waals surface area contributed by atoms with E-state index in [4.69, 9.17) is 4.74 Å². The molecule has 0 unspecified atom stereocenters. The quantitative estimate of drug-likeness (QED) is 0.0675. The van der Waals surface area contributed by atoms with Gasteiger partial charge in [0.15, 0.2) is 0 Å². The van der Waals surface area contributed by atoms with Crippen LogP contribution in [0.3, 0.4) is 0 Å². The molecule has 0 spiro atoms. The van der Waals surface area contributed by atoms with E-state index in [1.807, 2.05) is 158 Å². The molecule has 8 heteroatoms. The Hall–Kier alpha value is -6.54. The molecule has 6 rings (SSSR count). The van der Waals surface area contributed by atoms with Crippen LogP contribution in [0.15, 0.2) is 164 Å². The Balaban J connectivity index is 0.928. The van der Waals surface area contributed by atoms with Crippen molar-refractivity contribution in [2.24, 2.45) is 0 Å². The summed E-state index contributed by atoms with van der Waals surface area (Å²) in [7, 11) is 0. The van der Waals surface area contributed by atoms with Gasteiger partial charge < -0.3 is 20.7 Å². The molecule has 0 aliphatic rings. The average molecular weight is 717 g/mol. The van der Waals surface area contributed by atoms with E-state index < -0.39 is 5.54 Å². The van der Waals surface area contributed by atoms with Crippen LogP contribution in [0.1, 0.15) is 47.2 Å². The first-order valence-electron chi connectivity index (χ1n) is 18.2. The number of hydrogen-bond donors (Lipinski definition) is 3. The lowest BCUT2D eigenvalue weighted by atomic mass is 9.77. The number of carbonyl (C=O) groups excluding carboxylic acids is 3. The van der Waals surface area contributed by atoms with Gasteiger partial charge >= 0.3 is 0 Å². The van der Waals surface area contributed by atoms with Crippen molar-refractivity contribution in [2.75, 3.05) is 13.2 Å². The summed E-state index contributed by atoms with van der Waals surface area (Å²) >= 11 is 0. The molecule has 0 aliphatic carbocycles. The number of nitrogens with zero attached hydrogens (tertiary/aromatic N) is 1. The Kier molecular flexibility index (Phi) is 13.0. The minimum Gasteiger partial charge on any atom is -0.494 e. The number of nitrogens with one attached hydrogen (secondary N) is 3. The van der Waals surface area contributed by atoms with E-state index in [1.165, 1.54) is 0 Å². The highest BCUT2D eigenvalue weighted by atomic mass is 16.5. The van der Waals surface area contributed by atoms with E-state index in [2.05, 4.69) is 20.9 Å². The molecular formula is C46H44N4O4. The largest absolute Gasteiger partial charge is 0.494 e. The van der Waals surface area contributed by atoms with Crippen LogP contribution in [-0.4, -0.2) is 35.9 Å². The second-order valence-corrected chi connectivity index (χ2v) is 12.9. The zero-order valence-corrected chi connectivity index (χ0v) is 30.1. The predicted molar refractivity (Wildman–Crippen MR) is 211 cm³/mol. The minimum atomic E-state index is -0.920. The first-order valence-corrected chi connectivity index (χ1v) is 18.2. The lowest BCUT2D eigenvalue weighted by Crippen LogP contribution is -2.48. The van der Waals surface area contributed by atoms with Crippen LogP contribution in [0.5, 0.6) is 5.75 Å². The maximum Gasteiger partial charge on any atom is 0.226 e. The number of aromatic nitrogens is 1. The first-order chi connectivity index (χ1) is 26.5. The van der Waals surface area contributed by atoms with Gasteiger partial charge in [0.1, 0.15) is 11.3 Å². The normalized spacial score (nSPS) is 11.0. The van der Waals surface area contributed by atoms with E-state index in [1.54, 1.807) is 6.20 Å². The third-order valence-corrected chi connectivity index (χ3v) is 9.13. The van der Waals surface area contributed by atoms with E-state index >= 15 is 0 Å². The zero-order valence-electron chi connectivity index (χ0n) is 30.1. The second-order valence-electron chi connectivity index (χ2n) is 12.9. The summed E-state index contributed by atoms with van der Waals surface area (Å²) in [5.74, 6) is 0.241. The molecular weight excluding hydrogens is 673 g/mol. The van der Waals surface area contributed by atoms with Crippen LogP contribution in [0.2, 0.25) is 0 Å². The molecule has 0 radical (unpaired) electrons. The fourth-order valence-electron chi connectivity index (χ4n) is 6.32. The Bertz CT molecular complexity index is 1980. The van der Waals surface area contributed by atoms with Crippen molar-refractivity contribution < 1.29 is 19.1 Å². The van der Waals surface area contributed by atoms with Crippen LogP contribution < -0.4 is 20.7 Å². The summed E-state index contributed by atoms with van der Waals surface area (Å²) in [6.07, 6.45) is 2.72. The SMILES string of the molecule is O=C(CCC(=O)NC(c1ccccc1)(c1ccccc1)c1ccccc1)NCCCOc1ccc(-c2ccc(CC(=O)NCc3ccccc3)nc2)cc1. The molecule has 1 heterocycles. The molecule has 0 atom stereocenters. The highest BCUT2D eigenvalue weighted by Crippen LogP contribution is 2.37. The molecule has 54 heavy (non-hydrogen) atoms. The molecule has 0 fully saturated rings. The summed E-state index contributed by atoms with van der Waals surface area (Å²) < 4.78 is 5.90. The third-order valence-electron chi connectivity index (χ3n) is 9.13. The predicted octanol–water partition coefficient (Wildman–Crippen LogP) is 7.38. The molecule has 0 saturated carbocycles. The van der Waals surface area contributed by atoms with Crippen molar-refractivity contribution in [1.29, 1.82) is 0 Å². The maximum absolute atomic E-state index is 13.5. The van der Waals surface area contributed by atoms with Crippen LogP contribution >= 0.6 is 0 Å². The van der Waals surface area contributed by atoms with Gasteiger partial charge in [0, 0.05) is 43.4 Å². The van der Waals surface area contributed by atoms with E-state index in [9.17, 15) is 14.4 Å². The van der Waals surface area contributed by atoms with Gasteiger partial charge in [-0.15, -0.1) is 0 Å². The second kappa shape index (κ2) is 18.8. The van der Waals surface area contributed by atoms with E-state index in [-0.39, 0.29) is 37.0 Å². The number of hydrogen-bond acceptors (Lipinski definition) is 5. The molecule has 0 saturated heterocycles. The Morgan fingerprint density at radius 3 is 1.65 bits per heavy atom. The van der Waals surface area contributed by atoms with Crippen LogP contribution in [0, 0.1) is 0 Å². The minimum absolute atomic E-state index is 0.0469. The number of carbonyl (C=O) groups is 3. The molecule has 8 nitrogen and oxygen atoms in total. The van der Waals surface area contributed by atoms with Crippen molar-refractivity contribution in [3.8, 4) is 16.9 Å². The molecule has 3 N–H and O–H groups in total. The van der Waals surface area contributed by atoms with Crippen LogP contribution in [0.25, 0.3) is 11.1 Å². The monoisotopic (exact) mass is 716 g/mol. The van der Waals surface area contributed by atoms with Gasteiger partial charge in [0.05, 0.1) is 13.0 Å². The van der Waals surface area contributed by atoms with Crippen LogP contribution in [0.4, 0.5) is 0 Å². The van der Waals surface area contributed by atoms with Gasteiger partial charge in [-0.3, -0.25) is 19.4 Å². The number of pyridine rings is 1. The van der Waals surface area contributed by atoms with Crippen molar-refractivity contribution in [3.63, 3.8) is 0 Å². The molecule has 272 valence electrons. The molecule has 5 aromatic carbocycles. The molecule has 3 amide bonds. The van der Waals surface area contributed by atoms with Gasteiger partial charge in [0.25, 0.3) is 0 Å². The Morgan fingerprint density at radius 2 is 1.09 bits per heavy atom. The average Bonchev–Trinajstić information content (AvgIpc) is 3.23. The van der Waals surface area contributed by atoms with Gasteiger partial charge in [-0.2, -0.15) is 0 Å². The lowest BCUT2D eigenvalue weighted by Gasteiger charge is -2.37. The lowest BCUT2D eigenvalue weighted by molar-refractivity contribution is -0.127. The number of benzene rings is 5. The van der Waals surface area contributed by atoms with Crippen molar-refractivity contribution >= 4 is 17.7 Å². The molecule has 6 aromatic rings. The first kappa shape index (κ1) is 37.2. The van der Waals surface area contributed by atoms with Gasteiger partial charge in [-0.1, -0.05) is 140 Å². The third kappa shape index (κ3) is 10.1. The van der Waals surface area contributed by atoms with Crippen LogP contribution in [-0.2, 0) is 32.9 Å². The fraction of sp³-hybridized carbons (Fsp3) is 0.174. The number of ether oxygens (including phenoxy) is 1. The summed E-state index contributed by atoms with van der Waals surface area (Å²) in [5.41, 5.74) is 5.55. The van der Waals surface area contributed by atoms with E-state index in [0.29, 0.717) is 31.8 Å². The fourth-order valence-corrected chi connectivity index (χ4v) is 6.32. The summed E-state index contributed by atoms with van der Waals surface area (Å²) in [6, 6.07) is 51.1. The maximum atomic E-state index is 13.5. The summed E-state index contributed by atoms with van der Waals surface area (Å²) in [4.78, 5) is 43.1. The number of rotatable bonds is 17. The van der Waals surface area contributed by atoms with Crippen molar-refractivity contribution in [2.45, 2.75) is 37.8 Å². The Morgan fingerprint density at radius 1 is 0.556 bits per heavy atom. The highest BCUT2D eigenvalue weighted by Gasteiger charge is 2.37.